The van der Waals surface area contributed by atoms with Crippen molar-refractivity contribution in [2.24, 2.45) is 0 Å². The number of rotatable bonds is 6. The zero-order valence-corrected chi connectivity index (χ0v) is 11.5. The third kappa shape index (κ3) is 4.52. The van der Waals surface area contributed by atoms with E-state index in [1.54, 1.807) is 32.2 Å². The predicted molar refractivity (Wildman–Crippen MR) is 68.2 cm³/mol. The molecule has 1 aromatic heterocycles. The van der Waals surface area contributed by atoms with Crippen LogP contribution in [0.15, 0.2) is 18.3 Å². The Labute approximate surface area is 107 Å². The molecular weight excluding hydrogens is 262 g/mol. The molecule has 0 aliphatic carbocycles. The highest BCUT2D eigenvalue weighted by Gasteiger charge is 2.15. The van der Waals surface area contributed by atoms with Gasteiger partial charge in [-0.05, 0) is 26.0 Å². The van der Waals surface area contributed by atoms with Gasteiger partial charge in [0.1, 0.15) is 12.4 Å². The van der Waals surface area contributed by atoms with Gasteiger partial charge in [-0.25, -0.2) is 8.42 Å². The Hall–Kier alpha value is -0.810. The molecule has 6 heteroatoms. The standard InChI is InChI=1S/C11H16ClNO3S/c1-9(2)17(14,15)6-5-16-11-4-3-10(7-12)13-8-11/h3-4,8-9H,5-7H2,1-2H3. The van der Waals surface area contributed by atoms with Crippen molar-refractivity contribution in [2.45, 2.75) is 25.0 Å². The summed E-state index contributed by atoms with van der Waals surface area (Å²) in [6.45, 7) is 3.46. The second-order valence-electron chi connectivity index (χ2n) is 3.88. The fraction of sp³-hybridized carbons (Fsp3) is 0.545. The summed E-state index contributed by atoms with van der Waals surface area (Å²) >= 11 is 5.60. The largest absolute Gasteiger partial charge is 0.491 e. The molecule has 0 N–H and O–H groups in total. The normalized spacial score (nSPS) is 11.8. The molecule has 96 valence electrons. The second-order valence-corrected chi connectivity index (χ2v) is 6.83. The van der Waals surface area contributed by atoms with Gasteiger partial charge in [0.2, 0.25) is 0 Å². The molecule has 0 aliphatic heterocycles. The van der Waals surface area contributed by atoms with E-state index >= 15 is 0 Å². The van der Waals surface area contributed by atoms with Crippen LogP contribution >= 0.6 is 11.6 Å². The van der Waals surface area contributed by atoms with E-state index in [0.29, 0.717) is 11.6 Å². The first-order valence-corrected chi connectivity index (χ1v) is 7.56. The number of aromatic nitrogens is 1. The quantitative estimate of drug-likeness (QED) is 0.747. The number of nitrogens with zero attached hydrogens (tertiary/aromatic N) is 1. The molecule has 1 aromatic rings. The first-order chi connectivity index (χ1) is 7.95. The summed E-state index contributed by atoms with van der Waals surface area (Å²) in [7, 11) is -3.05. The maximum Gasteiger partial charge on any atom is 0.155 e. The molecule has 0 aromatic carbocycles. The van der Waals surface area contributed by atoms with Crippen LogP contribution in [-0.4, -0.2) is 31.0 Å². The Kier molecular flexibility index (Phi) is 5.21. The van der Waals surface area contributed by atoms with Gasteiger partial charge in [-0.1, -0.05) is 0 Å². The molecule has 0 atom stereocenters. The molecule has 0 radical (unpaired) electrons. The third-order valence-electron chi connectivity index (χ3n) is 2.29. The second kappa shape index (κ2) is 6.21. The van der Waals surface area contributed by atoms with E-state index in [0.717, 1.165) is 5.69 Å². The van der Waals surface area contributed by atoms with Gasteiger partial charge in [0.15, 0.2) is 9.84 Å². The molecule has 0 spiro atoms. The van der Waals surface area contributed by atoms with Crippen LogP contribution in [-0.2, 0) is 15.7 Å². The molecular formula is C11H16ClNO3S. The number of hydrogen-bond acceptors (Lipinski definition) is 4. The van der Waals surface area contributed by atoms with Crippen LogP contribution in [0.4, 0.5) is 0 Å². The molecule has 0 aliphatic rings. The van der Waals surface area contributed by atoms with E-state index in [4.69, 9.17) is 16.3 Å². The highest BCUT2D eigenvalue weighted by atomic mass is 35.5. The van der Waals surface area contributed by atoms with Gasteiger partial charge in [-0.15, -0.1) is 11.6 Å². The average molecular weight is 278 g/mol. The topological polar surface area (TPSA) is 56.3 Å². The zero-order chi connectivity index (χ0) is 12.9. The fourth-order valence-corrected chi connectivity index (χ4v) is 2.03. The van der Waals surface area contributed by atoms with Crippen LogP contribution in [0.2, 0.25) is 0 Å². The summed E-state index contributed by atoms with van der Waals surface area (Å²) in [5, 5.41) is -0.372. The Morgan fingerprint density at radius 3 is 2.59 bits per heavy atom. The molecule has 0 fully saturated rings. The number of alkyl halides is 1. The number of hydrogen-bond donors (Lipinski definition) is 0. The molecule has 0 unspecified atom stereocenters. The average Bonchev–Trinajstić information content (AvgIpc) is 2.29. The summed E-state index contributed by atoms with van der Waals surface area (Å²) in [6, 6.07) is 3.48. The highest BCUT2D eigenvalue weighted by molar-refractivity contribution is 7.91. The maximum absolute atomic E-state index is 11.5. The molecule has 0 amide bonds. The predicted octanol–water partition coefficient (Wildman–Crippen LogP) is 2.02. The Balaban J connectivity index is 2.46. The van der Waals surface area contributed by atoms with Crippen LogP contribution in [0, 0.1) is 0 Å². The van der Waals surface area contributed by atoms with Crippen molar-refractivity contribution in [3.8, 4) is 5.75 Å². The first-order valence-electron chi connectivity index (χ1n) is 5.31. The Morgan fingerprint density at radius 2 is 2.12 bits per heavy atom. The zero-order valence-electron chi connectivity index (χ0n) is 9.89. The van der Waals surface area contributed by atoms with Crippen molar-refractivity contribution >= 4 is 21.4 Å². The van der Waals surface area contributed by atoms with Gasteiger partial charge < -0.3 is 4.74 Å². The SMILES string of the molecule is CC(C)S(=O)(=O)CCOc1ccc(CCl)nc1. The lowest BCUT2D eigenvalue weighted by Crippen LogP contribution is -2.22. The highest BCUT2D eigenvalue weighted by Crippen LogP contribution is 2.11. The van der Waals surface area contributed by atoms with Crippen LogP contribution in [0.3, 0.4) is 0 Å². The minimum atomic E-state index is -3.05. The van der Waals surface area contributed by atoms with Gasteiger partial charge >= 0.3 is 0 Å². The molecule has 17 heavy (non-hydrogen) atoms. The number of halogens is 1. The maximum atomic E-state index is 11.5. The van der Waals surface area contributed by atoms with Gasteiger partial charge in [0.05, 0.1) is 28.8 Å². The summed E-state index contributed by atoms with van der Waals surface area (Å²) in [5.74, 6) is 0.919. The first kappa shape index (κ1) is 14.3. The van der Waals surface area contributed by atoms with Crippen molar-refractivity contribution < 1.29 is 13.2 Å². The lowest BCUT2D eigenvalue weighted by molar-refractivity contribution is 0.339. The molecule has 0 saturated carbocycles. The number of ether oxygens (including phenoxy) is 1. The molecule has 1 rings (SSSR count). The summed E-state index contributed by atoms with van der Waals surface area (Å²) in [4.78, 5) is 4.04. The summed E-state index contributed by atoms with van der Waals surface area (Å²) in [5.41, 5.74) is 0.758. The Morgan fingerprint density at radius 1 is 1.41 bits per heavy atom. The van der Waals surface area contributed by atoms with Gasteiger partial charge in [-0.3, -0.25) is 4.98 Å². The molecule has 1 heterocycles. The lowest BCUT2D eigenvalue weighted by Gasteiger charge is -2.09. The van der Waals surface area contributed by atoms with E-state index in [2.05, 4.69) is 4.98 Å². The monoisotopic (exact) mass is 277 g/mol. The minimum absolute atomic E-state index is 0.0158. The summed E-state index contributed by atoms with van der Waals surface area (Å²) < 4.78 is 28.3. The van der Waals surface area contributed by atoms with E-state index in [1.807, 2.05) is 0 Å². The van der Waals surface area contributed by atoms with E-state index < -0.39 is 9.84 Å². The molecule has 4 nitrogen and oxygen atoms in total. The third-order valence-corrected chi connectivity index (χ3v) is 4.74. The van der Waals surface area contributed by atoms with E-state index in [1.165, 1.54) is 0 Å². The van der Waals surface area contributed by atoms with E-state index in [9.17, 15) is 8.42 Å². The number of sulfone groups is 1. The van der Waals surface area contributed by atoms with Crippen LogP contribution in [0.1, 0.15) is 19.5 Å². The van der Waals surface area contributed by atoms with Crippen LogP contribution in [0.5, 0.6) is 5.75 Å². The Bertz CT molecular complexity index is 442. The molecule has 0 bridgehead atoms. The van der Waals surface area contributed by atoms with Crippen molar-refractivity contribution in [3.63, 3.8) is 0 Å². The van der Waals surface area contributed by atoms with Gasteiger partial charge in [0, 0.05) is 0 Å². The van der Waals surface area contributed by atoms with Crippen molar-refractivity contribution in [1.82, 2.24) is 4.98 Å². The lowest BCUT2D eigenvalue weighted by atomic mass is 10.4. The van der Waals surface area contributed by atoms with Crippen molar-refractivity contribution in [2.75, 3.05) is 12.4 Å². The summed E-state index contributed by atoms with van der Waals surface area (Å²) in [6.07, 6.45) is 1.54. The fourth-order valence-electron chi connectivity index (χ4n) is 1.09. The van der Waals surface area contributed by atoms with Gasteiger partial charge in [0.25, 0.3) is 0 Å². The smallest absolute Gasteiger partial charge is 0.155 e. The molecule has 0 saturated heterocycles. The van der Waals surface area contributed by atoms with E-state index in [-0.39, 0.29) is 17.6 Å². The minimum Gasteiger partial charge on any atom is -0.491 e. The van der Waals surface area contributed by atoms with Crippen molar-refractivity contribution in [3.05, 3.63) is 24.0 Å². The van der Waals surface area contributed by atoms with Crippen LogP contribution in [0.25, 0.3) is 0 Å². The van der Waals surface area contributed by atoms with Gasteiger partial charge in [-0.2, -0.15) is 0 Å². The van der Waals surface area contributed by atoms with Crippen molar-refractivity contribution in [1.29, 1.82) is 0 Å². The number of pyridine rings is 1. The van der Waals surface area contributed by atoms with Crippen LogP contribution < -0.4 is 4.74 Å².